The van der Waals surface area contributed by atoms with E-state index >= 15 is 0 Å². The number of benzene rings is 1. The highest BCUT2D eigenvalue weighted by Gasteiger charge is 2.17. The van der Waals surface area contributed by atoms with Gasteiger partial charge in [-0.2, -0.15) is 5.10 Å². The van der Waals surface area contributed by atoms with Crippen molar-refractivity contribution >= 4 is 33.3 Å². The summed E-state index contributed by atoms with van der Waals surface area (Å²) < 4.78 is 14.6. The number of nitrogens with zero attached hydrogens (tertiary/aromatic N) is 6. The van der Waals surface area contributed by atoms with E-state index in [0.717, 1.165) is 45.5 Å². The second kappa shape index (κ2) is 10.9. The molecule has 0 aliphatic carbocycles. The van der Waals surface area contributed by atoms with Gasteiger partial charge in [-0.3, -0.25) is 20.1 Å². The Morgan fingerprint density at radius 3 is 2.56 bits per heavy atom. The quantitative estimate of drug-likeness (QED) is 0.185. The summed E-state index contributed by atoms with van der Waals surface area (Å²) >= 11 is 0. The van der Waals surface area contributed by atoms with Gasteiger partial charge in [0.05, 0.1) is 40.3 Å². The highest BCUT2D eigenvalue weighted by atomic mass is 19.1. The molecule has 0 radical (unpaired) electrons. The number of aromatic nitrogens is 7. The molecule has 0 saturated carbocycles. The third kappa shape index (κ3) is 5.57. The molecule has 0 aliphatic rings. The molecule has 4 N–H and O–H groups in total. The van der Waals surface area contributed by atoms with Crippen molar-refractivity contribution in [1.29, 1.82) is 0 Å². The Labute approximate surface area is 236 Å². The summed E-state index contributed by atoms with van der Waals surface area (Å²) in [5.41, 5.74) is 7.55. The van der Waals surface area contributed by atoms with Gasteiger partial charge in [0.25, 0.3) is 0 Å². The normalized spacial score (nSPS) is 11.7. The number of aromatic amines is 2. The van der Waals surface area contributed by atoms with Crippen LogP contribution in [0.2, 0.25) is 0 Å². The minimum Gasteiger partial charge on any atom is -0.384 e. The van der Waals surface area contributed by atoms with Crippen molar-refractivity contribution in [3.63, 3.8) is 0 Å². The van der Waals surface area contributed by atoms with E-state index in [9.17, 15) is 4.39 Å². The number of halogens is 1. The van der Waals surface area contributed by atoms with Crippen LogP contribution in [-0.4, -0.2) is 73.2 Å². The molecular weight excluding hydrogens is 519 g/mol. The summed E-state index contributed by atoms with van der Waals surface area (Å²) in [6.45, 7) is 5.69. The van der Waals surface area contributed by atoms with E-state index in [-0.39, 0.29) is 11.9 Å². The standard InChI is InChI=1S/C30H31FN10/c1-17(2)36-22-9-19(12-32-13-22)25-11-23-26(16-35-25)39-40-29(23)30-37-27-15-33-14-24(28(27)38-30)18-7-20(31)10-21(8-18)34-5-6-41(3)4/h7-17,34,36H,5-6H2,1-4H3,(H,37,38)(H,39,40). The fraction of sp³-hybridized carbons (Fsp3) is 0.233. The van der Waals surface area contributed by atoms with Crippen molar-refractivity contribution in [2.24, 2.45) is 0 Å². The second-order valence-electron chi connectivity index (χ2n) is 10.6. The van der Waals surface area contributed by atoms with E-state index < -0.39 is 0 Å². The summed E-state index contributed by atoms with van der Waals surface area (Å²) in [4.78, 5) is 23.7. The number of hydrogen-bond acceptors (Lipinski definition) is 8. The zero-order chi connectivity index (χ0) is 28.5. The molecule has 0 amide bonds. The molecule has 0 spiro atoms. The monoisotopic (exact) mass is 550 g/mol. The van der Waals surface area contributed by atoms with Gasteiger partial charge < -0.3 is 20.5 Å². The number of H-pyrrole nitrogens is 2. The molecule has 6 aromatic rings. The number of anilines is 2. The zero-order valence-corrected chi connectivity index (χ0v) is 23.3. The van der Waals surface area contributed by atoms with Crippen LogP contribution >= 0.6 is 0 Å². The number of imidazole rings is 1. The number of rotatable bonds is 9. The van der Waals surface area contributed by atoms with Gasteiger partial charge in [-0.25, -0.2) is 9.37 Å². The summed E-state index contributed by atoms with van der Waals surface area (Å²) in [5, 5.41) is 15.1. The molecular formula is C30H31FN10. The summed E-state index contributed by atoms with van der Waals surface area (Å²) in [6.07, 6.45) is 8.78. The Morgan fingerprint density at radius 1 is 0.902 bits per heavy atom. The predicted octanol–water partition coefficient (Wildman–Crippen LogP) is 5.56. The SMILES string of the molecule is CC(C)Nc1cncc(-c2cc3c(-c4nc5c(-c6cc(F)cc(NCCN(C)C)c6)cncc5[nH]4)n[nH]c3cn2)c1. The first kappa shape index (κ1) is 26.3. The first-order valence-electron chi connectivity index (χ1n) is 13.4. The average molecular weight is 551 g/mol. The Kier molecular flexibility index (Phi) is 7.02. The molecule has 5 aromatic heterocycles. The fourth-order valence-corrected chi connectivity index (χ4v) is 4.77. The molecule has 0 aliphatic heterocycles. The summed E-state index contributed by atoms with van der Waals surface area (Å²) in [7, 11) is 4.00. The van der Waals surface area contributed by atoms with E-state index in [1.165, 1.54) is 12.1 Å². The Balaban J connectivity index is 1.37. The van der Waals surface area contributed by atoms with Crippen LogP contribution in [0.3, 0.4) is 0 Å². The molecule has 0 unspecified atom stereocenters. The van der Waals surface area contributed by atoms with E-state index in [1.54, 1.807) is 31.0 Å². The van der Waals surface area contributed by atoms with Crippen LogP contribution in [-0.2, 0) is 0 Å². The second-order valence-corrected chi connectivity index (χ2v) is 10.6. The van der Waals surface area contributed by atoms with Gasteiger partial charge in [-0.15, -0.1) is 0 Å². The Bertz CT molecular complexity index is 1840. The number of likely N-dealkylation sites (N-methyl/N-ethyl adjacent to an activating group) is 1. The largest absolute Gasteiger partial charge is 0.384 e. The van der Waals surface area contributed by atoms with Crippen molar-refractivity contribution in [1.82, 2.24) is 40.0 Å². The zero-order valence-electron chi connectivity index (χ0n) is 23.3. The average Bonchev–Trinajstić information content (AvgIpc) is 3.56. The lowest BCUT2D eigenvalue weighted by Crippen LogP contribution is -2.20. The molecule has 41 heavy (non-hydrogen) atoms. The highest BCUT2D eigenvalue weighted by Crippen LogP contribution is 2.33. The van der Waals surface area contributed by atoms with Gasteiger partial charge in [-0.1, -0.05) is 0 Å². The lowest BCUT2D eigenvalue weighted by molar-refractivity contribution is 0.425. The maximum Gasteiger partial charge on any atom is 0.159 e. The maximum atomic E-state index is 14.6. The van der Waals surface area contributed by atoms with Gasteiger partial charge >= 0.3 is 0 Å². The first-order valence-corrected chi connectivity index (χ1v) is 13.4. The molecule has 11 heteroatoms. The van der Waals surface area contributed by atoms with Gasteiger partial charge in [0.2, 0.25) is 0 Å². The van der Waals surface area contributed by atoms with Crippen molar-refractivity contribution in [3.05, 3.63) is 67.1 Å². The predicted molar refractivity (Wildman–Crippen MR) is 161 cm³/mol. The van der Waals surface area contributed by atoms with Gasteiger partial charge in [0, 0.05) is 59.9 Å². The Morgan fingerprint density at radius 2 is 1.73 bits per heavy atom. The third-order valence-corrected chi connectivity index (χ3v) is 6.65. The minimum atomic E-state index is -0.330. The van der Waals surface area contributed by atoms with Crippen LogP contribution < -0.4 is 10.6 Å². The van der Waals surface area contributed by atoms with E-state index in [1.807, 2.05) is 32.3 Å². The van der Waals surface area contributed by atoms with Gasteiger partial charge in [0.15, 0.2) is 5.82 Å². The minimum absolute atomic E-state index is 0.286. The van der Waals surface area contributed by atoms with Crippen LogP contribution in [0.5, 0.6) is 0 Å². The molecule has 6 rings (SSSR count). The van der Waals surface area contributed by atoms with Crippen molar-refractivity contribution < 1.29 is 4.39 Å². The van der Waals surface area contributed by atoms with Crippen LogP contribution in [0, 0.1) is 5.82 Å². The lowest BCUT2D eigenvalue weighted by atomic mass is 10.1. The molecule has 208 valence electrons. The first-order chi connectivity index (χ1) is 19.8. The van der Waals surface area contributed by atoms with Crippen LogP contribution in [0.25, 0.3) is 55.8 Å². The molecule has 10 nitrogen and oxygen atoms in total. The van der Waals surface area contributed by atoms with Gasteiger partial charge in [-0.05, 0) is 63.8 Å². The highest BCUT2D eigenvalue weighted by molar-refractivity contribution is 5.97. The van der Waals surface area contributed by atoms with Crippen molar-refractivity contribution in [2.75, 3.05) is 37.8 Å². The molecule has 0 fully saturated rings. The van der Waals surface area contributed by atoms with Crippen LogP contribution in [0.1, 0.15) is 13.8 Å². The fourth-order valence-electron chi connectivity index (χ4n) is 4.77. The van der Waals surface area contributed by atoms with E-state index in [2.05, 4.69) is 59.5 Å². The summed E-state index contributed by atoms with van der Waals surface area (Å²) in [5.74, 6) is 0.245. The molecule has 0 saturated heterocycles. The maximum absolute atomic E-state index is 14.6. The molecule has 0 bridgehead atoms. The lowest BCUT2D eigenvalue weighted by Gasteiger charge is -2.12. The third-order valence-electron chi connectivity index (χ3n) is 6.65. The topological polar surface area (TPSA) is 123 Å². The smallest absolute Gasteiger partial charge is 0.159 e. The summed E-state index contributed by atoms with van der Waals surface area (Å²) in [6, 6.07) is 9.21. The number of pyridine rings is 3. The van der Waals surface area contributed by atoms with E-state index in [4.69, 9.17) is 4.98 Å². The van der Waals surface area contributed by atoms with Crippen LogP contribution in [0.4, 0.5) is 15.8 Å². The number of nitrogens with one attached hydrogen (secondary N) is 4. The number of hydrogen-bond donors (Lipinski definition) is 4. The van der Waals surface area contributed by atoms with Gasteiger partial charge in [0.1, 0.15) is 11.5 Å². The molecule has 0 atom stereocenters. The number of fused-ring (bicyclic) bond motifs is 2. The Hall–Kier alpha value is -4.90. The van der Waals surface area contributed by atoms with Crippen molar-refractivity contribution in [2.45, 2.75) is 19.9 Å². The molecule has 5 heterocycles. The van der Waals surface area contributed by atoms with Crippen molar-refractivity contribution in [3.8, 4) is 33.9 Å². The molecule has 1 aromatic carbocycles. The van der Waals surface area contributed by atoms with E-state index in [0.29, 0.717) is 34.8 Å². The van der Waals surface area contributed by atoms with Crippen LogP contribution in [0.15, 0.2) is 61.3 Å².